The van der Waals surface area contributed by atoms with Gasteiger partial charge < -0.3 is 10.0 Å². The van der Waals surface area contributed by atoms with Gasteiger partial charge >= 0.3 is 0 Å². The number of carbonyl (C=O) groups excluding carboxylic acids is 1. The van der Waals surface area contributed by atoms with Crippen LogP contribution in [0.3, 0.4) is 0 Å². The highest BCUT2D eigenvalue weighted by atomic mass is 16.6. The minimum atomic E-state index is -0.569. The lowest BCUT2D eigenvalue weighted by Gasteiger charge is -2.34. The van der Waals surface area contributed by atoms with Crippen molar-refractivity contribution in [3.63, 3.8) is 0 Å². The van der Waals surface area contributed by atoms with Crippen molar-refractivity contribution in [3.05, 3.63) is 39.9 Å². The highest BCUT2D eigenvalue weighted by molar-refractivity contribution is 5.98. The van der Waals surface area contributed by atoms with Crippen LogP contribution in [0.4, 0.5) is 5.69 Å². The molecule has 1 amide bonds. The quantitative estimate of drug-likeness (QED) is 0.647. The molecule has 1 aromatic rings. The van der Waals surface area contributed by atoms with Crippen LogP contribution < -0.4 is 0 Å². The zero-order chi connectivity index (χ0) is 14.0. The lowest BCUT2D eigenvalue weighted by atomic mass is 9.95. The number of aliphatic hydroxyl groups is 1. The summed E-state index contributed by atoms with van der Waals surface area (Å²) in [5, 5.41) is 20.7. The minimum Gasteiger partial charge on any atom is -0.391 e. The van der Waals surface area contributed by atoms with Gasteiger partial charge in [-0.15, -0.1) is 0 Å². The summed E-state index contributed by atoms with van der Waals surface area (Å²) in [7, 11) is 0. The number of piperidine rings is 1. The van der Waals surface area contributed by atoms with Crippen molar-refractivity contribution in [1.29, 1.82) is 0 Å². The van der Waals surface area contributed by atoms with E-state index in [0.717, 1.165) is 0 Å². The van der Waals surface area contributed by atoms with Crippen LogP contribution in [0.1, 0.15) is 23.7 Å². The van der Waals surface area contributed by atoms with E-state index in [9.17, 15) is 20.0 Å². The molecule has 1 saturated heterocycles. The van der Waals surface area contributed by atoms with E-state index in [4.69, 9.17) is 0 Å². The lowest BCUT2D eigenvalue weighted by Crippen LogP contribution is -2.45. The van der Waals surface area contributed by atoms with E-state index < -0.39 is 16.9 Å². The highest BCUT2D eigenvalue weighted by Crippen LogP contribution is 2.23. The number of carbonyl (C=O) groups is 1. The number of benzene rings is 1. The number of hydrogen-bond donors (Lipinski definition) is 1. The fourth-order valence-electron chi connectivity index (χ4n) is 2.22. The first-order chi connectivity index (χ1) is 9.00. The highest BCUT2D eigenvalue weighted by Gasteiger charge is 2.30. The van der Waals surface area contributed by atoms with Crippen molar-refractivity contribution >= 4 is 11.6 Å². The van der Waals surface area contributed by atoms with Gasteiger partial charge in [-0.2, -0.15) is 0 Å². The number of aliphatic hydroxyl groups excluding tert-OH is 1. The van der Waals surface area contributed by atoms with Gasteiger partial charge in [0.25, 0.3) is 11.6 Å². The molecule has 1 aromatic carbocycles. The molecule has 2 atom stereocenters. The average Bonchev–Trinajstić information content (AvgIpc) is 2.41. The van der Waals surface area contributed by atoms with E-state index in [1.165, 1.54) is 23.1 Å². The minimum absolute atomic E-state index is 0.0780. The van der Waals surface area contributed by atoms with Gasteiger partial charge in [-0.05, 0) is 18.4 Å². The maximum Gasteiger partial charge on any atom is 0.282 e. The molecule has 1 fully saturated rings. The van der Waals surface area contributed by atoms with Crippen LogP contribution in [0.15, 0.2) is 24.3 Å². The second-order valence-electron chi connectivity index (χ2n) is 4.86. The fourth-order valence-corrected chi connectivity index (χ4v) is 2.22. The smallest absolute Gasteiger partial charge is 0.282 e. The van der Waals surface area contributed by atoms with Crippen LogP contribution in [0.5, 0.6) is 0 Å². The molecule has 1 aliphatic rings. The lowest BCUT2D eigenvalue weighted by molar-refractivity contribution is -0.385. The molecule has 19 heavy (non-hydrogen) atoms. The largest absolute Gasteiger partial charge is 0.391 e. The summed E-state index contributed by atoms with van der Waals surface area (Å²) < 4.78 is 0. The van der Waals surface area contributed by atoms with Crippen molar-refractivity contribution < 1.29 is 14.8 Å². The van der Waals surface area contributed by atoms with Crippen molar-refractivity contribution in [1.82, 2.24) is 4.90 Å². The number of nitro benzene ring substituents is 1. The van der Waals surface area contributed by atoms with Crippen LogP contribution in [0, 0.1) is 16.0 Å². The van der Waals surface area contributed by atoms with Gasteiger partial charge in [0.05, 0.1) is 11.0 Å². The van der Waals surface area contributed by atoms with E-state index >= 15 is 0 Å². The van der Waals surface area contributed by atoms with Crippen molar-refractivity contribution in [2.24, 2.45) is 5.92 Å². The first-order valence-corrected chi connectivity index (χ1v) is 6.21. The van der Waals surface area contributed by atoms with E-state index in [0.29, 0.717) is 13.0 Å². The Bertz CT molecular complexity index is 503. The number of para-hydroxylation sites is 1. The zero-order valence-corrected chi connectivity index (χ0v) is 10.7. The van der Waals surface area contributed by atoms with Crippen LogP contribution in [0.25, 0.3) is 0 Å². The summed E-state index contributed by atoms with van der Waals surface area (Å²) >= 11 is 0. The molecular weight excluding hydrogens is 248 g/mol. The first kappa shape index (κ1) is 13.5. The summed E-state index contributed by atoms with van der Waals surface area (Å²) in [6, 6.07) is 5.90. The van der Waals surface area contributed by atoms with Gasteiger partial charge in [-0.25, -0.2) is 0 Å². The number of β-amino-alcohol motifs (C(OH)–C–C–N with tert-alkyl or cyclic N) is 1. The average molecular weight is 264 g/mol. The summed E-state index contributed by atoms with van der Waals surface area (Å²) in [5.41, 5.74) is -0.116. The van der Waals surface area contributed by atoms with E-state index in [2.05, 4.69) is 0 Å². The topological polar surface area (TPSA) is 83.7 Å². The second kappa shape index (κ2) is 5.36. The molecular formula is C13H16N2O4. The van der Waals surface area contributed by atoms with Gasteiger partial charge in [0.2, 0.25) is 0 Å². The second-order valence-corrected chi connectivity index (χ2v) is 4.86. The van der Waals surface area contributed by atoms with E-state index in [1.807, 2.05) is 6.92 Å². The number of likely N-dealkylation sites (tertiary alicyclic amines) is 1. The predicted octanol–water partition coefficient (Wildman–Crippen LogP) is 1.44. The third-order valence-corrected chi connectivity index (χ3v) is 3.54. The molecule has 0 bridgehead atoms. The molecule has 1 heterocycles. The first-order valence-electron chi connectivity index (χ1n) is 6.21. The number of hydrogen-bond acceptors (Lipinski definition) is 4. The molecule has 6 heteroatoms. The van der Waals surface area contributed by atoms with Crippen LogP contribution >= 0.6 is 0 Å². The molecule has 0 spiro atoms. The number of nitro groups is 1. The Kier molecular flexibility index (Phi) is 3.80. The molecule has 6 nitrogen and oxygen atoms in total. The Morgan fingerprint density at radius 2 is 2.16 bits per heavy atom. The Morgan fingerprint density at radius 3 is 2.79 bits per heavy atom. The maximum absolute atomic E-state index is 12.3. The summed E-state index contributed by atoms with van der Waals surface area (Å²) in [6.45, 7) is 2.67. The molecule has 0 saturated carbocycles. The standard InChI is InChI=1S/C13H16N2O4/c1-9-6-7-14(8-12(9)16)13(17)10-4-2-3-5-11(10)15(18)19/h2-5,9,12,16H,6-8H2,1H3. The van der Waals surface area contributed by atoms with E-state index in [-0.39, 0.29) is 23.7 Å². The molecule has 1 aliphatic heterocycles. The maximum atomic E-state index is 12.3. The van der Waals surface area contributed by atoms with Crippen LogP contribution in [0.2, 0.25) is 0 Å². The molecule has 0 aromatic heterocycles. The molecule has 2 rings (SSSR count). The van der Waals surface area contributed by atoms with Crippen molar-refractivity contribution in [2.75, 3.05) is 13.1 Å². The summed E-state index contributed by atoms with van der Waals surface area (Å²) in [5.74, 6) is -0.243. The van der Waals surface area contributed by atoms with E-state index in [1.54, 1.807) is 6.07 Å². The number of rotatable bonds is 2. The molecule has 102 valence electrons. The molecule has 1 N–H and O–H groups in total. The normalized spacial score (nSPS) is 23.2. The third kappa shape index (κ3) is 2.73. The van der Waals surface area contributed by atoms with Crippen molar-refractivity contribution in [3.8, 4) is 0 Å². The summed E-state index contributed by atoms with van der Waals surface area (Å²) in [6.07, 6.45) is 0.133. The fraction of sp³-hybridized carbons (Fsp3) is 0.462. The Balaban J connectivity index is 2.23. The monoisotopic (exact) mass is 264 g/mol. The Labute approximate surface area is 110 Å². The van der Waals surface area contributed by atoms with Gasteiger partial charge in [0.1, 0.15) is 5.56 Å². The molecule has 0 radical (unpaired) electrons. The number of amides is 1. The van der Waals surface area contributed by atoms with Crippen LogP contribution in [-0.2, 0) is 0 Å². The Morgan fingerprint density at radius 1 is 1.47 bits per heavy atom. The van der Waals surface area contributed by atoms with Crippen molar-refractivity contribution in [2.45, 2.75) is 19.4 Å². The molecule has 2 unspecified atom stereocenters. The SMILES string of the molecule is CC1CCN(C(=O)c2ccccc2[N+](=O)[O-])CC1O. The summed E-state index contributed by atoms with van der Waals surface area (Å²) in [4.78, 5) is 24.1. The molecule has 0 aliphatic carbocycles. The van der Waals surface area contributed by atoms with Gasteiger partial charge in [0.15, 0.2) is 0 Å². The third-order valence-electron chi connectivity index (χ3n) is 3.54. The van der Waals surface area contributed by atoms with Gasteiger partial charge in [-0.1, -0.05) is 19.1 Å². The Hall–Kier alpha value is -1.95. The predicted molar refractivity (Wildman–Crippen MR) is 68.8 cm³/mol. The zero-order valence-electron chi connectivity index (χ0n) is 10.7. The van der Waals surface area contributed by atoms with Gasteiger partial charge in [0, 0.05) is 19.2 Å². The van der Waals surface area contributed by atoms with Crippen LogP contribution in [-0.4, -0.2) is 40.0 Å². The number of nitrogens with zero attached hydrogens (tertiary/aromatic N) is 2. The van der Waals surface area contributed by atoms with Gasteiger partial charge in [-0.3, -0.25) is 14.9 Å².